The summed E-state index contributed by atoms with van der Waals surface area (Å²) < 4.78 is 2.37. The van der Waals surface area contributed by atoms with E-state index >= 15 is 0 Å². The van der Waals surface area contributed by atoms with Crippen LogP contribution < -0.4 is 5.32 Å². The minimum absolute atomic E-state index is 0.637. The largest absolute Gasteiger partial charge is 0.316 e. The SMILES string of the molecule is CNC1CCCCC1Sc1nnc2n1CCCCC2. The molecule has 1 aromatic rings. The van der Waals surface area contributed by atoms with Crippen LogP contribution in [0.15, 0.2) is 5.16 Å². The Morgan fingerprint density at radius 3 is 2.89 bits per heavy atom. The third kappa shape index (κ3) is 2.97. The Balaban J connectivity index is 1.73. The average molecular weight is 280 g/mol. The topological polar surface area (TPSA) is 42.7 Å². The number of nitrogens with zero attached hydrogens (tertiary/aromatic N) is 3. The lowest BCUT2D eigenvalue weighted by Crippen LogP contribution is -2.38. The van der Waals surface area contributed by atoms with Crippen molar-refractivity contribution in [1.29, 1.82) is 0 Å². The molecule has 0 amide bonds. The normalized spacial score (nSPS) is 27.8. The Bertz CT molecular complexity index is 418. The zero-order valence-electron chi connectivity index (χ0n) is 11.8. The number of aromatic nitrogens is 3. The van der Waals surface area contributed by atoms with Crippen LogP contribution >= 0.6 is 11.8 Å². The molecule has 2 atom stereocenters. The van der Waals surface area contributed by atoms with E-state index in [0.717, 1.165) is 18.1 Å². The van der Waals surface area contributed by atoms with Crippen LogP contribution in [-0.4, -0.2) is 33.1 Å². The van der Waals surface area contributed by atoms with Crippen molar-refractivity contribution in [2.45, 2.75) is 74.4 Å². The first kappa shape index (κ1) is 13.4. The highest BCUT2D eigenvalue weighted by molar-refractivity contribution is 7.99. The number of thioether (sulfide) groups is 1. The molecule has 0 bridgehead atoms. The van der Waals surface area contributed by atoms with Crippen molar-refractivity contribution < 1.29 is 0 Å². The zero-order chi connectivity index (χ0) is 13.1. The second kappa shape index (κ2) is 6.27. The maximum Gasteiger partial charge on any atom is 0.191 e. The molecule has 1 N–H and O–H groups in total. The van der Waals surface area contributed by atoms with Crippen LogP contribution in [0.25, 0.3) is 0 Å². The van der Waals surface area contributed by atoms with Crippen LogP contribution in [0, 0.1) is 0 Å². The number of fused-ring (bicyclic) bond motifs is 1. The van der Waals surface area contributed by atoms with Gasteiger partial charge < -0.3 is 9.88 Å². The molecule has 3 rings (SSSR count). The van der Waals surface area contributed by atoms with Crippen LogP contribution in [0.1, 0.15) is 50.8 Å². The van der Waals surface area contributed by atoms with Crippen LogP contribution in [0.2, 0.25) is 0 Å². The summed E-state index contributed by atoms with van der Waals surface area (Å²) in [7, 11) is 2.09. The molecule has 1 fully saturated rings. The smallest absolute Gasteiger partial charge is 0.191 e. The molecular weight excluding hydrogens is 256 g/mol. The fraction of sp³-hybridized carbons (Fsp3) is 0.857. The van der Waals surface area contributed by atoms with Gasteiger partial charge in [0.2, 0.25) is 0 Å². The summed E-state index contributed by atoms with van der Waals surface area (Å²) in [6, 6.07) is 0.637. The second-order valence-electron chi connectivity index (χ2n) is 5.70. The predicted octanol–water partition coefficient (Wildman–Crippen LogP) is 2.63. The molecule has 5 heteroatoms. The monoisotopic (exact) mass is 280 g/mol. The highest BCUT2D eigenvalue weighted by atomic mass is 32.2. The summed E-state index contributed by atoms with van der Waals surface area (Å²) in [6.45, 7) is 1.11. The average Bonchev–Trinajstić information content (AvgIpc) is 2.68. The minimum Gasteiger partial charge on any atom is -0.316 e. The Morgan fingerprint density at radius 1 is 1.11 bits per heavy atom. The van der Waals surface area contributed by atoms with Gasteiger partial charge in [0.05, 0.1) is 0 Å². The fourth-order valence-corrected chi connectivity index (χ4v) is 4.65. The van der Waals surface area contributed by atoms with Crippen molar-refractivity contribution in [2.75, 3.05) is 7.05 Å². The molecule has 1 aromatic heterocycles. The summed E-state index contributed by atoms with van der Waals surface area (Å²) in [5.74, 6) is 1.21. The predicted molar refractivity (Wildman–Crippen MR) is 78.5 cm³/mol. The van der Waals surface area contributed by atoms with E-state index in [1.807, 2.05) is 11.8 Å². The first-order valence-electron chi connectivity index (χ1n) is 7.64. The van der Waals surface area contributed by atoms with Crippen molar-refractivity contribution in [3.63, 3.8) is 0 Å². The molecule has 2 aliphatic rings. The summed E-state index contributed by atoms with van der Waals surface area (Å²) in [6.07, 6.45) is 10.3. The van der Waals surface area contributed by atoms with E-state index in [2.05, 4.69) is 27.1 Å². The second-order valence-corrected chi connectivity index (χ2v) is 6.90. The van der Waals surface area contributed by atoms with Gasteiger partial charge in [-0.3, -0.25) is 0 Å². The van der Waals surface area contributed by atoms with Gasteiger partial charge in [0.25, 0.3) is 0 Å². The molecule has 106 valence electrons. The molecule has 0 spiro atoms. The van der Waals surface area contributed by atoms with Gasteiger partial charge in [-0.1, -0.05) is 31.0 Å². The molecule has 1 aliphatic heterocycles. The van der Waals surface area contributed by atoms with Gasteiger partial charge in [0.15, 0.2) is 5.16 Å². The number of nitrogens with one attached hydrogen (secondary N) is 1. The van der Waals surface area contributed by atoms with E-state index in [4.69, 9.17) is 0 Å². The Hall–Kier alpha value is -0.550. The van der Waals surface area contributed by atoms with Gasteiger partial charge in [-0.2, -0.15) is 0 Å². The molecule has 0 radical (unpaired) electrons. The highest BCUT2D eigenvalue weighted by Crippen LogP contribution is 2.34. The van der Waals surface area contributed by atoms with E-state index in [0.29, 0.717) is 11.3 Å². The lowest BCUT2D eigenvalue weighted by atomic mass is 9.95. The molecule has 1 aliphatic carbocycles. The highest BCUT2D eigenvalue weighted by Gasteiger charge is 2.27. The van der Waals surface area contributed by atoms with Crippen molar-refractivity contribution in [3.8, 4) is 0 Å². The molecule has 0 aromatic carbocycles. The van der Waals surface area contributed by atoms with Gasteiger partial charge in [-0.05, 0) is 32.7 Å². The lowest BCUT2D eigenvalue weighted by Gasteiger charge is -2.30. The summed E-state index contributed by atoms with van der Waals surface area (Å²) in [5, 5.41) is 14.2. The number of hydrogen-bond donors (Lipinski definition) is 1. The Morgan fingerprint density at radius 2 is 2.00 bits per heavy atom. The molecule has 2 unspecified atom stereocenters. The third-order valence-corrected chi connectivity index (χ3v) is 5.79. The molecule has 1 saturated carbocycles. The van der Waals surface area contributed by atoms with E-state index in [1.54, 1.807) is 0 Å². The molecule has 2 heterocycles. The third-order valence-electron chi connectivity index (χ3n) is 4.41. The minimum atomic E-state index is 0.637. The maximum absolute atomic E-state index is 4.45. The van der Waals surface area contributed by atoms with Crippen LogP contribution in [-0.2, 0) is 13.0 Å². The zero-order valence-corrected chi connectivity index (χ0v) is 12.6. The van der Waals surface area contributed by atoms with Gasteiger partial charge in [-0.25, -0.2) is 0 Å². The van der Waals surface area contributed by atoms with Crippen molar-refractivity contribution in [2.24, 2.45) is 0 Å². The van der Waals surface area contributed by atoms with Crippen LogP contribution in [0.3, 0.4) is 0 Å². The molecular formula is C14H24N4S. The van der Waals surface area contributed by atoms with Gasteiger partial charge in [0, 0.05) is 24.3 Å². The number of hydrogen-bond acceptors (Lipinski definition) is 4. The summed E-state index contributed by atoms with van der Waals surface area (Å²) >= 11 is 1.95. The quantitative estimate of drug-likeness (QED) is 0.924. The van der Waals surface area contributed by atoms with Crippen LogP contribution in [0.5, 0.6) is 0 Å². The van der Waals surface area contributed by atoms with E-state index < -0.39 is 0 Å². The first-order chi connectivity index (χ1) is 9.38. The standard InChI is InChI=1S/C14H24N4S/c1-15-11-7-4-5-8-12(11)19-14-17-16-13-9-3-2-6-10-18(13)14/h11-12,15H,2-10H2,1H3. The number of rotatable bonds is 3. The van der Waals surface area contributed by atoms with E-state index in [1.165, 1.54) is 50.8 Å². The van der Waals surface area contributed by atoms with Gasteiger partial charge >= 0.3 is 0 Å². The summed E-state index contributed by atoms with van der Waals surface area (Å²) in [4.78, 5) is 0. The van der Waals surface area contributed by atoms with Crippen LogP contribution in [0.4, 0.5) is 0 Å². The van der Waals surface area contributed by atoms with Gasteiger partial charge in [0.1, 0.15) is 5.82 Å². The number of aryl methyl sites for hydroxylation is 1. The maximum atomic E-state index is 4.45. The fourth-order valence-electron chi connectivity index (χ4n) is 3.25. The Labute approximate surface area is 119 Å². The molecule has 0 saturated heterocycles. The van der Waals surface area contributed by atoms with Crippen molar-refractivity contribution in [3.05, 3.63) is 5.82 Å². The van der Waals surface area contributed by atoms with E-state index in [9.17, 15) is 0 Å². The summed E-state index contributed by atoms with van der Waals surface area (Å²) in [5.41, 5.74) is 0. The van der Waals surface area contributed by atoms with E-state index in [-0.39, 0.29) is 0 Å². The molecule has 4 nitrogen and oxygen atoms in total. The Kier molecular flexibility index (Phi) is 4.43. The van der Waals surface area contributed by atoms with Gasteiger partial charge in [-0.15, -0.1) is 10.2 Å². The van der Waals surface area contributed by atoms with Crippen molar-refractivity contribution >= 4 is 11.8 Å². The van der Waals surface area contributed by atoms with Crippen molar-refractivity contribution in [1.82, 2.24) is 20.1 Å². The lowest BCUT2D eigenvalue weighted by molar-refractivity contribution is 0.404. The molecule has 19 heavy (non-hydrogen) atoms. The first-order valence-corrected chi connectivity index (χ1v) is 8.52.